The fourth-order valence-electron chi connectivity index (χ4n) is 3.10. The van der Waals surface area contributed by atoms with Gasteiger partial charge in [0.2, 0.25) is 0 Å². The van der Waals surface area contributed by atoms with Crippen molar-refractivity contribution < 1.29 is 13.2 Å². The van der Waals surface area contributed by atoms with E-state index in [4.69, 9.17) is 0 Å². The van der Waals surface area contributed by atoms with E-state index < -0.39 is 9.84 Å². The molecule has 0 spiro atoms. The Hall–Kier alpha value is -1.56. The van der Waals surface area contributed by atoms with Gasteiger partial charge in [-0.25, -0.2) is 13.2 Å². The number of carbonyl (C=O) groups is 1. The molecule has 1 saturated carbocycles. The molecule has 2 fully saturated rings. The maximum Gasteiger partial charge on any atom is 0.322 e. The molecule has 1 aliphatic heterocycles. The number of carbonyl (C=O) groups excluding carboxylic acids is 1. The molecule has 114 valence electrons. The van der Waals surface area contributed by atoms with Gasteiger partial charge in [-0.15, -0.1) is 0 Å². The molecule has 1 saturated heterocycles. The fourth-order valence-corrected chi connectivity index (χ4v) is 3.94. The van der Waals surface area contributed by atoms with Gasteiger partial charge in [-0.1, -0.05) is 12.1 Å². The molecular weight excluding hydrogens is 288 g/mol. The average Bonchev–Trinajstić information content (AvgIpc) is 3.15. The highest BCUT2D eigenvalue weighted by molar-refractivity contribution is 7.90. The third kappa shape index (κ3) is 3.05. The van der Waals surface area contributed by atoms with Crippen molar-refractivity contribution in [2.75, 3.05) is 18.1 Å². The van der Waals surface area contributed by atoms with Crippen LogP contribution < -0.4 is 5.32 Å². The summed E-state index contributed by atoms with van der Waals surface area (Å²) in [7, 11) is -3.35. The van der Waals surface area contributed by atoms with Crippen LogP contribution in [0.2, 0.25) is 0 Å². The summed E-state index contributed by atoms with van der Waals surface area (Å²) in [5.74, 6) is 0.642. The molecular formula is C15H20N2O3S. The zero-order valence-corrected chi connectivity index (χ0v) is 12.9. The van der Waals surface area contributed by atoms with Gasteiger partial charge in [-0.05, 0) is 43.7 Å². The Morgan fingerprint density at radius 3 is 2.62 bits per heavy atom. The fraction of sp³-hybridized carbons (Fsp3) is 0.533. The summed E-state index contributed by atoms with van der Waals surface area (Å²) in [4.78, 5) is 14.5. The number of amides is 2. The third-order valence-corrected chi connectivity index (χ3v) is 5.41. The molecule has 3 rings (SSSR count). The monoisotopic (exact) mass is 308 g/mol. The second kappa shape index (κ2) is 5.33. The van der Waals surface area contributed by atoms with Gasteiger partial charge >= 0.3 is 6.03 Å². The summed E-state index contributed by atoms with van der Waals surface area (Å²) in [6.07, 6.45) is 5.65. The van der Waals surface area contributed by atoms with Crippen LogP contribution in [0.15, 0.2) is 29.2 Å². The summed E-state index contributed by atoms with van der Waals surface area (Å²) in [6.45, 7) is 0.758. The Labute approximate surface area is 125 Å². The largest absolute Gasteiger partial charge is 0.322 e. The molecule has 21 heavy (non-hydrogen) atoms. The minimum atomic E-state index is -3.35. The molecule has 0 bridgehead atoms. The number of urea groups is 1. The standard InChI is InChI=1S/C15H20N2O3S/c1-21(19,20)14-7-3-2-5-12(14)16-15(18)17-10-4-6-13(17)11-8-9-11/h2-3,5,7,11,13H,4,6,8-10H2,1H3,(H,16,18). The first-order valence-electron chi connectivity index (χ1n) is 7.33. The first-order chi connectivity index (χ1) is 9.97. The number of sulfone groups is 1. The van der Waals surface area contributed by atoms with E-state index in [1.54, 1.807) is 18.2 Å². The second-order valence-electron chi connectivity index (χ2n) is 5.94. The summed E-state index contributed by atoms with van der Waals surface area (Å²) in [5, 5.41) is 2.78. The minimum absolute atomic E-state index is 0.167. The highest BCUT2D eigenvalue weighted by atomic mass is 32.2. The summed E-state index contributed by atoms with van der Waals surface area (Å²) in [6, 6.07) is 6.70. The van der Waals surface area contributed by atoms with Gasteiger partial charge in [0.15, 0.2) is 9.84 Å². The van der Waals surface area contributed by atoms with Crippen LogP contribution in [0.4, 0.5) is 10.5 Å². The Bertz CT molecular complexity index is 653. The highest BCUT2D eigenvalue weighted by Gasteiger charge is 2.40. The molecule has 5 nitrogen and oxygen atoms in total. The van der Waals surface area contributed by atoms with Crippen molar-refractivity contribution in [1.82, 2.24) is 4.90 Å². The molecule has 0 radical (unpaired) electrons. The van der Waals surface area contributed by atoms with E-state index in [0.29, 0.717) is 17.6 Å². The van der Waals surface area contributed by atoms with Crippen LogP contribution in [-0.4, -0.2) is 38.2 Å². The number of hydrogen-bond acceptors (Lipinski definition) is 3. The lowest BCUT2D eigenvalue weighted by Gasteiger charge is -2.25. The van der Waals surface area contributed by atoms with Crippen LogP contribution >= 0.6 is 0 Å². The summed E-state index contributed by atoms with van der Waals surface area (Å²) < 4.78 is 23.5. The lowest BCUT2D eigenvalue weighted by atomic mass is 10.1. The van der Waals surface area contributed by atoms with E-state index in [1.165, 1.54) is 18.9 Å². The Balaban J connectivity index is 1.79. The van der Waals surface area contributed by atoms with Crippen LogP contribution in [0.1, 0.15) is 25.7 Å². The van der Waals surface area contributed by atoms with E-state index in [-0.39, 0.29) is 10.9 Å². The average molecular weight is 308 g/mol. The maximum atomic E-state index is 12.5. The first-order valence-corrected chi connectivity index (χ1v) is 9.22. The predicted molar refractivity (Wildman–Crippen MR) is 81.0 cm³/mol. The summed E-state index contributed by atoms with van der Waals surface area (Å²) >= 11 is 0. The van der Waals surface area contributed by atoms with Crippen molar-refractivity contribution in [3.63, 3.8) is 0 Å². The molecule has 1 aliphatic carbocycles. The number of para-hydroxylation sites is 1. The molecule has 1 aromatic carbocycles. The topological polar surface area (TPSA) is 66.5 Å². The number of likely N-dealkylation sites (tertiary alicyclic amines) is 1. The molecule has 1 heterocycles. The van der Waals surface area contributed by atoms with Gasteiger partial charge in [0.05, 0.1) is 10.6 Å². The summed E-state index contributed by atoms with van der Waals surface area (Å²) in [5.41, 5.74) is 0.367. The molecule has 2 amide bonds. The van der Waals surface area contributed by atoms with Crippen molar-refractivity contribution in [1.29, 1.82) is 0 Å². The van der Waals surface area contributed by atoms with Crippen LogP contribution in [0, 0.1) is 5.92 Å². The van der Waals surface area contributed by atoms with Gasteiger partial charge < -0.3 is 10.2 Å². The smallest absolute Gasteiger partial charge is 0.321 e. The van der Waals surface area contributed by atoms with Crippen LogP contribution in [0.25, 0.3) is 0 Å². The number of benzene rings is 1. The van der Waals surface area contributed by atoms with Gasteiger partial charge in [0.1, 0.15) is 0 Å². The van der Waals surface area contributed by atoms with Crippen molar-refractivity contribution in [2.24, 2.45) is 5.92 Å². The number of rotatable bonds is 3. The van der Waals surface area contributed by atoms with E-state index >= 15 is 0 Å². The third-order valence-electron chi connectivity index (χ3n) is 4.25. The zero-order valence-electron chi connectivity index (χ0n) is 12.1. The molecule has 6 heteroatoms. The number of nitrogens with zero attached hydrogens (tertiary/aromatic N) is 1. The lowest BCUT2D eigenvalue weighted by molar-refractivity contribution is 0.200. The normalized spacial score (nSPS) is 22.3. The van der Waals surface area contributed by atoms with Crippen molar-refractivity contribution in [2.45, 2.75) is 36.6 Å². The highest BCUT2D eigenvalue weighted by Crippen LogP contribution is 2.40. The molecule has 1 aromatic rings. The van der Waals surface area contributed by atoms with E-state index in [2.05, 4.69) is 5.32 Å². The number of hydrogen-bond donors (Lipinski definition) is 1. The Morgan fingerprint density at radius 1 is 1.24 bits per heavy atom. The van der Waals surface area contributed by atoms with E-state index in [9.17, 15) is 13.2 Å². The molecule has 0 aromatic heterocycles. The quantitative estimate of drug-likeness (QED) is 0.933. The van der Waals surface area contributed by atoms with E-state index in [1.807, 2.05) is 4.90 Å². The van der Waals surface area contributed by atoms with Gasteiger partial charge in [-0.2, -0.15) is 0 Å². The minimum Gasteiger partial charge on any atom is -0.321 e. The first kappa shape index (κ1) is 14.4. The SMILES string of the molecule is CS(=O)(=O)c1ccccc1NC(=O)N1CCCC1C1CC1. The molecule has 1 unspecified atom stereocenters. The van der Waals surface area contributed by atoms with E-state index in [0.717, 1.165) is 25.6 Å². The molecule has 1 N–H and O–H groups in total. The van der Waals surface area contributed by atoms with Crippen LogP contribution in [-0.2, 0) is 9.84 Å². The Kier molecular flexibility index (Phi) is 3.65. The zero-order chi connectivity index (χ0) is 15.0. The molecule has 2 aliphatic rings. The van der Waals surface area contributed by atoms with Crippen molar-refractivity contribution in [3.8, 4) is 0 Å². The number of nitrogens with one attached hydrogen (secondary N) is 1. The lowest BCUT2D eigenvalue weighted by Crippen LogP contribution is -2.40. The van der Waals surface area contributed by atoms with Gasteiger partial charge in [0.25, 0.3) is 0 Å². The maximum absolute atomic E-state index is 12.5. The van der Waals surface area contributed by atoms with Gasteiger partial charge in [0, 0.05) is 18.8 Å². The van der Waals surface area contributed by atoms with Crippen LogP contribution in [0.5, 0.6) is 0 Å². The molecule has 1 atom stereocenters. The number of anilines is 1. The van der Waals surface area contributed by atoms with Crippen molar-refractivity contribution >= 4 is 21.6 Å². The second-order valence-corrected chi connectivity index (χ2v) is 7.92. The van der Waals surface area contributed by atoms with Crippen molar-refractivity contribution in [3.05, 3.63) is 24.3 Å². The predicted octanol–water partition coefficient (Wildman–Crippen LogP) is 2.50. The van der Waals surface area contributed by atoms with Crippen LogP contribution in [0.3, 0.4) is 0 Å². The Morgan fingerprint density at radius 2 is 1.95 bits per heavy atom. The van der Waals surface area contributed by atoms with Gasteiger partial charge in [-0.3, -0.25) is 0 Å².